The average molecular weight is 308 g/mol. The van der Waals surface area contributed by atoms with Crippen LogP contribution in [0.2, 0.25) is 0 Å². The number of likely N-dealkylation sites (N-methyl/N-ethyl adjacent to an activating group) is 1. The van der Waals surface area contributed by atoms with Crippen molar-refractivity contribution in [2.24, 2.45) is 0 Å². The maximum atomic E-state index is 12.5. The molecule has 1 atom stereocenters. The van der Waals surface area contributed by atoms with Gasteiger partial charge in [0.1, 0.15) is 0 Å². The average Bonchev–Trinajstić information content (AvgIpc) is 2.93. The number of carbonyl (C=O) groups is 2. The van der Waals surface area contributed by atoms with Crippen LogP contribution in [-0.4, -0.2) is 59.5 Å². The molecule has 21 heavy (non-hydrogen) atoms. The molecule has 0 bridgehead atoms. The zero-order valence-electron chi connectivity index (χ0n) is 12.3. The first-order valence-electron chi connectivity index (χ1n) is 7.01. The van der Waals surface area contributed by atoms with E-state index in [1.54, 1.807) is 12.1 Å². The Morgan fingerprint density at radius 2 is 2.19 bits per heavy atom. The Morgan fingerprint density at radius 3 is 2.86 bits per heavy atom. The lowest BCUT2D eigenvalue weighted by atomic mass is 10.1. The van der Waals surface area contributed by atoms with E-state index in [1.807, 2.05) is 4.90 Å². The Labute approximate surface area is 128 Å². The van der Waals surface area contributed by atoms with Crippen molar-refractivity contribution in [2.75, 3.05) is 26.7 Å². The van der Waals surface area contributed by atoms with Gasteiger partial charge in [-0.3, -0.25) is 9.69 Å². The Kier molecular flexibility index (Phi) is 5.14. The van der Waals surface area contributed by atoms with Gasteiger partial charge in [0.15, 0.2) is 0 Å². The highest BCUT2D eigenvalue weighted by atomic mass is 32.1. The molecule has 0 radical (unpaired) electrons. The second-order valence-corrected chi connectivity index (χ2v) is 6.28. The fourth-order valence-corrected chi connectivity index (χ4v) is 3.32. The van der Waals surface area contributed by atoms with Gasteiger partial charge in [0, 0.05) is 36.6 Å². The summed E-state index contributed by atoms with van der Waals surface area (Å²) in [6, 6.07) is 3.97. The smallest absolute Gasteiger partial charge is 0.328 e. The molecule has 1 N–H and O–H groups in total. The number of aliphatic carboxylic acids is 1. The molecule has 1 unspecified atom stereocenters. The summed E-state index contributed by atoms with van der Waals surface area (Å²) in [6.45, 7) is 4.52. The maximum Gasteiger partial charge on any atom is 0.328 e. The number of carboxylic acid groups (broad SMARTS) is 1. The van der Waals surface area contributed by atoms with Crippen LogP contribution in [-0.2, 0) is 4.79 Å². The van der Waals surface area contributed by atoms with Crippen LogP contribution in [0.4, 0.5) is 0 Å². The fourth-order valence-electron chi connectivity index (χ4n) is 2.44. The van der Waals surface area contributed by atoms with Gasteiger partial charge in [-0.2, -0.15) is 0 Å². The minimum absolute atomic E-state index is 0.0431. The second kappa shape index (κ2) is 6.87. The van der Waals surface area contributed by atoms with Crippen molar-refractivity contribution in [3.63, 3.8) is 0 Å². The molecule has 1 aromatic heterocycles. The van der Waals surface area contributed by atoms with Gasteiger partial charge < -0.3 is 10.0 Å². The number of nitrogens with zero attached hydrogens (tertiary/aromatic N) is 2. The van der Waals surface area contributed by atoms with Gasteiger partial charge in [0.25, 0.3) is 5.91 Å². The summed E-state index contributed by atoms with van der Waals surface area (Å²) in [4.78, 5) is 28.6. The predicted octanol–water partition coefficient (Wildman–Crippen LogP) is 2.01. The number of hydrogen-bond donors (Lipinski definition) is 1. The topological polar surface area (TPSA) is 60.9 Å². The Hall–Kier alpha value is -1.66. The first-order chi connectivity index (χ1) is 10.0. The number of amides is 1. The monoisotopic (exact) mass is 308 g/mol. The van der Waals surface area contributed by atoms with Gasteiger partial charge >= 0.3 is 5.97 Å². The van der Waals surface area contributed by atoms with Crippen LogP contribution in [0.5, 0.6) is 0 Å². The van der Waals surface area contributed by atoms with Gasteiger partial charge in [-0.25, -0.2) is 4.79 Å². The molecule has 6 heteroatoms. The lowest BCUT2D eigenvalue weighted by molar-refractivity contribution is -0.131. The van der Waals surface area contributed by atoms with Crippen LogP contribution < -0.4 is 0 Å². The molecule has 2 heterocycles. The van der Waals surface area contributed by atoms with Crippen molar-refractivity contribution < 1.29 is 14.7 Å². The molecule has 1 saturated heterocycles. The molecule has 0 saturated carbocycles. The number of hydrogen-bond acceptors (Lipinski definition) is 4. The van der Waals surface area contributed by atoms with E-state index in [1.165, 1.54) is 17.4 Å². The zero-order chi connectivity index (χ0) is 15.4. The summed E-state index contributed by atoms with van der Waals surface area (Å²) in [5, 5.41) is 8.61. The highest BCUT2D eigenvalue weighted by Gasteiger charge is 2.27. The van der Waals surface area contributed by atoms with E-state index < -0.39 is 5.97 Å². The largest absolute Gasteiger partial charge is 0.478 e. The van der Waals surface area contributed by atoms with Crippen LogP contribution in [0.3, 0.4) is 0 Å². The summed E-state index contributed by atoms with van der Waals surface area (Å²) in [5.74, 6) is -0.942. The lowest BCUT2D eigenvalue weighted by Crippen LogP contribution is -2.52. The number of carbonyl (C=O) groups excluding carboxylic acids is 1. The fraction of sp³-hybridized carbons (Fsp3) is 0.467. The zero-order valence-corrected chi connectivity index (χ0v) is 13.1. The van der Waals surface area contributed by atoms with Crippen molar-refractivity contribution in [3.05, 3.63) is 28.0 Å². The molecule has 0 aliphatic carbocycles. The van der Waals surface area contributed by atoms with E-state index >= 15 is 0 Å². The predicted molar refractivity (Wildman–Crippen MR) is 83.6 cm³/mol. The molecule has 114 valence electrons. The van der Waals surface area contributed by atoms with E-state index in [0.29, 0.717) is 10.9 Å². The Balaban J connectivity index is 2.05. The SMILES string of the molecule is CCC1CN(C(=O)c2ccc(C=CC(=O)O)s2)CCN1C. The molecular formula is C15H20N2O3S. The molecule has 1 aromatic rings. The third kappa shape index (κ3) is 3.92. The van der Waals surface area contributed by atoms with Gasteiger partial charge in [-0.15, -0.1) is 11.3 Å². The van der Waals surface area contributed by atoms with Crippen molar-refractivity contribution in [2.45, 2.75) is 19.4 Å². The number of rotatable bonds is 4. The van der Waals surface area contributed by atoms with Gasteiger partial charge in [-0.1, -0.05) is 6.92 Å². The Morgan fingerprint density at radius 1 is 1.43 bits per heavy atom. The van der Waals surface area contributed by atoms with E-state index in [9.17, 15) is 9.59 Å². The second-order valence-electron chi connectivity index (χ2n) is 5.17. The lowest BCUT2D eigenvalue weighted by Gasteiger charge is -2.38. The van der Waals surface area contributed by atoms with Gasteiger partial charge in [0.2, 0.25) is 0 Å². The first-order valence-corrected chi connectivity index (χ1v) is 7.83. The third-order valence-electron chi connectivity index (χ3n) is 3.76. The van der Waals surface area contributed by atoms with Gasteiger partial charge in [-0.05, 0) is 31.7 Å². The number of carboxylic acids is 1. The minimum atomic E-state index is -0.985. The summed E-state index contributed by atoms with van der Waals surface area (Å²) in [5.41, 5.74) is 0. The molecule has 1 amide bonds. The van der Waals surface area contributed by atoms with Crippen LogP contribution >= 0.6 is 11.3 Å². The van der Waals surface area contributed by atoms with E-state index in [-0.39, 0.29) is 5.91 Å². The van der Waals surface area contributed by atoms with Crippen LogP contribution in [0.1, 0.15) is 27.9 Å². The van der Waals surface area contributed by atoms with Crippen molar-refractivity contribution >= 4 is 29.3 Å². The first kappa shape index (κ1) is 15.7. The highest BCUT2D eigenvalue weighted by molar-refractivity contribution is 7.14. The van der Waals surface area contributed by atoms with Crippen LogP contribution in [0, 0.1) is 0 Å². The van der Waals surface area contributed by atoms with Crippen LogP contribution in [0.15, 0.2) is 18.2 Å². The summed E-state index contributed by atoms with van der Waals surface area (Å²) in [7, 11) is 2.09. The van der Waals surface area contributed by atoms with E-state index in [0.717, 1.165) is 37.0 Å². The summed E-state index contributed by atoms with van der Waals surface area (Å²) < 4.78 is 0. The molecular weight excluding hydrogens is 288 g/mol. The van der Waals surface area contributed by atoms with Crippen molar-refractivity contribution in [1.82, 2.24) is 9.80 Å². The molecule has 5 nitrogen and oxygen atoms in total. The number of thiophene rings is 1. The molecule has 1 fully saturated rings. The van der Waals surface area contributed by atoms with Gasteiger partial charge in [0.05, 0.1) is 4.88 Å². The normalized spacial score (nSPS) is 20.1. The van der Waals surface area contributed by atoms with Crippen molar-refractivity contribution in [1.29, 1.82) is 0 Å². The Bertz CT molecular complexity index is 553. The third-order valence-corrected chi connectivity index (χ3v) is 4.80. The quantitative estimate of drug-likeness (QED) is 0.864. The van der Waals surface area contributed by atoms with E-state index in [4.69, 9.17) is 5.11 Å². The van der Waals surface area contributed by atoms with E-state index in [2.05, 4.69) is 18.9 Å². The number of piperazine rings is 1. The molecule has 1 aliphatic rings. The highest BCUT2D eigenvalue weighted by Crippen LogP contribution is 2.21. The molecule has 0 spiro atoms. The standard InChI is InChI=1S/C15H20N2O3S/c1-3-11-10-17(9-8-16(11)2)15(20)13-6-4-12(21-13)5-7-14(18)19/h4-7,11H,3,8-10H2,1-2H3,(H,18,19). The maximum absolute atomic E-state index is 12.5. The van der Waals surface area contributed by atoms with Crippen molar-refractivity contribution in [3.8, 4) is 0 Å². The summed E-state index contributed by atoms with van der Waals surface area (Å²) >= 11 is 1.33. The minimum Gasteiger partial charge on any atom is -0.478 e. The molecule has 2 rings (SSSR count). The molecule has 0 aromatic carbocycles. The molecule has 1 aliphatic heterocycles. The van der Waals surface area contributed by atoms with Crippen LogP contribution in [0.25, 0.3) is 6.08 Å². The summed E-state index contributed by atoms with van der Waals surface area (Å²) in [6.07, 6.45) is 3.63.